The van der Waals surface area contributed by atoms with Gasteiger partial charge in [0.1, 0.15) is 0 Å². The molecule has 0 saturated carbocycles. The molecule has 0 amide bonds. The van der Waals surface area contributed by atoms with Crippen LogP contribution in [-0.4, -0.2) is 62.4 Å². The van der Waals surface area contributed by atoms with Crippen LogP contribution < -0.4 is 10.6 Å². The van der Waals surface area contributed by atoms with E-state index in [2.05, 4.69) is 20.7 Å². The van der Waals surface area contributed by atoms with E-state index in [-0.39, 0.29) is 0 Å². The highest BCUT2D eigenvalue weighted by atomic mass is 15.6. The van der Waals surface area contributed by atoms with Crippen LogP contribution >= 0.6 is 0 Å². The monoisotopic (exact) mass is 198 g/mol. The Bertz CT molecular complexity index is 128. The first-order valence-corrected chi connectivity index (χ1v) is 5.88. The van der Waals surface area contributed by atoms with Crippen molar-refractivity contribution in [1.29, 1.82) is 0 Å². The SMILES string of the molecule is C1CNCCN(N2CCCNCC2)C1. The Morgan fingerprint density at radius 1 is 0.571 bits per heavy atom. The molecular weight excluding hydrogens is 176 g/mol. The van der Waals surface area contributed by atoms with Crippen molar-refractivity contribution in [3.8, 4) is 0 Å². The van der Waals surface area contributed by atoms with Gasteiger partial charge in [0.05, 0.1) is 0 Å². The number of hydrogen-bond acceptors (Lipinski definition) is 4. The maximum absolute atomic E-state index is 3.45. The van der Waals surface area contributed by atoms with E-state index in [0.29, 0.717) is 0 Å². The third-order valence-electron chi connectivity index (χ3n) is 3.03. The fourth-order valence-corrected chi connectivity index (χ4v) is 2.23. The Hall–Kier alpha value is -0.160. The van der Waals surface area contributed by atoms with Gasteiger partial charge in [-0.05, 0) is 25.9 Å². The topological polar surface area (TPSA) is 30.5 Å². The predicted octanol–water partition coefficient (Wildman–Crippen LogP) is -0.508. The Morgan fingerprint density at radius 2 is 1.07 bits per heavy atom. The standard InChI is InChI=1S/C10H22N4/c1-3-11-5-9-13(7-1)14-8-2-4-12-6-10-14/h11-12H,1-10H2. The van der Waals surface area contributed by atoms with Crippen LogP contribution in [0.15, 0.2) is 0 Å². The maximum atomic E-state index is 3.45. The molecule has 0 unspecified atom stereocenters. The summed E-state index contributed by atoms with van der Waals surface area (Å²) in [5, 5.41) is 12.0. The van der Waals surface area contributed by atoms with Gasteiger partial charge in [0, 0.05) is 39.3 Å². The lowest BCUT2D eigenvalue weighted by Gasteiger charge is -2.32. The van der Waals surface area contributed by atoms with E-state index in [1.165, 1.54) is 52.1 Å². The molecule has 14 heavy (non-hydrogen) atoms. The average molecular weight is 198 g/mol. The van der Waals surface area contributed by atoms with E-state index in [1.807, 2.05) is 0 Å². The summed E-state index contributed by atoms with van der Waals surface area (Å²) in [6.45, 7) is 9.47. The van der Waals surface area contributed by atoms with E-state index in [4.69, 9.17) is 0 Å². The Balaban J connectivity index is 1.83. The minimum Gasteiger partial charge on any atom is -0.315 e. The zero-order valence-corrected chi connectivity index (χ0v) is 8.97. The van der Waals surface area contributed by atoms with Gasteiger partial charge in [-0.15, -0.1) is 0 Å². The fourth-order valence-electron chi connectivity index (χ4n) is 2.23. The van der Waals surface area contributed by atoms with Crippen LogP contribution in [0.1, 0.15) is 12.8 Å². The number of nitrogens with one attached hydrogen (secondary N) is 2. The highest BCUT2D eigenvalue weighted by Gasteiger charge is 2.17. The van der Waals surface area contributed by atoms with Gasteiger partial charge in [-0.25, -0.2) is 10.0 Å². The molecule has 0 aromatic carbocycles. The van der Waals surface area contributed by atoms with Crippen molar-refractivity contribution in [3.05, 3.63) is 0 Å². The summed E-state index contributed by atoms with van der Waals surface area (Å²) in [5.74, 6) is 0. The van der Waals surface area contributed by atoms with Crippen LogP contribution in [0.3, 0.4) is 0 Å². The second-order valence-corrected chi connectivity index (χ2v) is 4.11. The molecule has 2 aliphatic heterocycles. The minimum atomic E-state index is 1.14. The molecule has 0 radical (unpaired) electrons. The third kappa shape index (κ3) is 2.92. The molecule has 0 aromatic heterocycles. The lowest BCUT2D eigenvalue weighted by Crippen LogP contribution is -2.46. The summed E-state index contributed by atoms with van der Waals surface area (Å²) in [7, 11) is 0. The van der Waals surface area contributed by atoms with E-state index < -0.39 is 0 Å². The quantitative estimate of drug-likeness (QED) is 0.594. The van der Waals surface area contributed by atoms with Crippen molar-refractivity contribution in [3.63, 3.8) is 0 Å². The summed E-state index contributed by atoms with van der Waals surface area (Å²) < 4.78 is 0. The van der Waals surface area contributed by atoms with Crippen LogP contribution in [0, 0.1) is 0 Å². The Morgan fingerprint density at radius 3 is 1.57 bits per heavy atom. The number of hydrogen-bond donors (Lipinski definition) is 2. The molecule has 2 aliphatic rings. The highest BCUT2D eigenvalue weighted by molar-refractivity contribution is 4.69. The van der Waals surface area contributed by atoms with Gasteiger partial charge in [-0.1, -0.05) is 0 Å². The van der Waals surface area contributed by atoms with Gasteiger partial charge in [-0.3, -0.25) is 0 Å². The highest BCUT2D eigenvalue weighted by Crippen LogP contribution is 2.04. The van der Waals surface area contributed by atoms with Crippen molar-refractivity contribution < 1.29 is 0 Å². The molecule has 0 spiro atoms. The lowest BCUT2D eigenvalue weighted by atomic mass is 10.4. The summed E-state index contributed by atoms with van der Waals surface area (Å²) in [4.78, 5) is 0. The van der Waals surface area contributed by atoms with Crippen LogP contribution in [0.25, 0.3) is 0 Å². The first kappa shape index (κ1) is 10.4. The number of hydrazine groups is 1. The zero-order valence-electron chi connectivity index (χ0n) is 8.97. The smallest absolute Gasteiger partial charge is 0.0258 e. The second kappa shape index (κ2) is 5.66. The predicted molar refractivity (Wildman–Crippen MR) is 58.1 cm³/mol. The molecule has 0 atom stereocenters. The summed E-state index contributed by atoms with van der Waals surface area (Å²) >= 11 is 0. The molecule has 0 aromatic rings. The summed E-state index contributed by atoms with van der Waals surface area (Å²) in [5.41, 5.74) is 0. The molecule has 2 heterocycles. The van der Waals surface area contributed by atoms with E-state index in [9.17, 15) is 0 Å². The van der Waals surface area contributed by atoms with Crippen LogP contribution in [0.4, 0.5) is 0 Å². The molecule has 2 saturated heterocycles. The minimum absolute atomic E-state index is 1.14. The fraction of sp³-hybridized carbons (Fsp3) is 1.00. The molecular formula is C10H22N4. The molecule has 2 fully saturated rings. The van der Waals surface area contributed by atoms with Gasteiger partial charge < -0.3 is 10.6 Å². The van der Waals surface area contributed by atoms with Crippen molar-refractivity contribution in [2.75, 3.05) is 52.4 Å². The number of nitrogens with zero attached hydrogens (tertiary/aromatic N) is 2. The normalized spacial score (nSPS) is 28.3. The lowest BCUT2D eigenvalue weighted by molar-refractivity contribution is -0.0138. The van der Waals surface area contributed by atoms with Crippen LogP contribution in [0.2, 0.25) is 0 Å². The van der Waals surface area contributed by atoms with Crippen molar-refractivity contribution in [1.82, 2.24) is 20.7 Å². The molecule has 0 aliphatic carbocycles. The molecule has 0 bridgehead atoms. The van der Waals surface area contributed by atoms with Crippen LogP contribution in [-0.2, 0) is 0 Å². The maximum Gasteiger partial charge on any atom is 0.0258 e. The van der Waals surface area contributed by atoms with Gasteiger partial charge in [0.15, 0.2) is 0 Å². The molecule has 4 nitrogen and oxygen atoms in total. The first-order valence-electron chi connectivity index (χ1n) is 5.88. The third-order valence-corrected chi connectivity index (χ3v) is 3.03. The average Bonchev–Trinajstić information content (AvgIpc) is 2.62. The summed E-state index contributed by atoms with van der Waals surface area (Å²) in [6.07, 6.45) is 2.56. The van der Waals surface area contributed by atoms with E-state index in [0.717, 1.165) is 13.1 Å². The summed E-state index contributed by atoms with van der Waals surface area (Å²) in [6, 6.07) is 0. The molecule has 4 heteroatoms. The van der Waals surface area contributed by atoms with E-state index >= 15 is 0 Å². The Labute approximate surface area is 86.6 Å². The zero-order chi connectivity index (χ0) is 9.64. The van der Waals surface area contributed by atoms with Gasteiger partial charge in [0.2, 0.25) is 0 Å². The molecule has 2 rings (SSSR count). The molecule has 2 N–H and O–H groups in total. The van der Waals surface area contributed by atoms with Crippen molar-refractivity contribution in [2.24, 2.45) is 0 Å². The van der Waals surface area contributed by atoms with Gasteiger partial charge >= 0.3 is 0 Å². The van der Waals surface area contributed by atoms with Crippen molar-refractivity contribution in [2.45, 2.75) is 12.8 Å². The number of rotatable bonds is 1. The largest absolute Gasteiger partial charge is 0.315 e. The van der Waals surface area contributed by atoms with Gasteiger partial charge in [0.25, 0.3) is 0 Å². The van der Waals surface area contributed by atoms with Crippen molar-refractivity contribution >= 4 is 0 Å². The second-order valence-electron chi connectivity index (χ2n) is 4.11. The van der Waals surface area contributed by atoms with Crippen LogP contribution in [0.5, 0.6) is 0 Å². The van der Waals surface area contributed by atoms with E-state index in [1.54, 1.807) is 0 Å². The Kier molecular flexibility index (Phi) is 4.19. The van der Waals surface area contributed by atoms with Gasteiger partial charge in [-0.2, -0.15) is 0 Å². The first-order chi connectivity index (χ1) is 6.97. The molecule has 82 valence electrons.